The maximum atomic E-state index is 12.0. The Hall–Kier alpha value is -0.130. The second-order valence-corrected chi connectivity index (χ2v) is 8.11. The van der Waals surface area contributed by atoms with E-state index in [1.165, 1.54) is 25.7 Å². The summed E-state index contributed by atoms with van der Waals surface area (Å²) in [6.45, 7) is 0.714. The maximum Gasteiger partial charge on any atom is 0.214 e. The van der Waals surface area contributed by atoms with Gasteiger partial charge in [0.05, 0.1) is 11.9 Å². The first-order chi connectivity index (χ1) is 8.57. The van der Waals surface area contributed by atoms with Crippen molar-refractivity contribution < 1.29 is 13.2 Å². The van der Waals surface area contributed by atoms with Crippen LogP contribution in [0.2, 0.25) is 0 Å². The number of sulfonamides is 1. The molecule has 1 aliphatic heterocycles. The smallest absolute Gasteiger partial charge is 0.214 e. The highest BCUT2D eigenvalue weighted by Crippen LogP contribution is 2.56. The van der Waals surface area contributed by atoms with Gasteiger partial charge in [-0.05, 0) is 56.8 Å². The Morgan fingerprint density at radius 2 is 1.83 bits per heavy atom. The number of nitrogens with one attached hydrogen (secondary N) is 1. The Morgan fingerprint density at radius 1 is 1.11 bits per heavy atom. The summed E-state index contributed by atoms with van der Waals surface area (Å²) >= 11 is 0. The molecule has 4 nitrogen and oxygen atoms in total. The van der Waals surface area contributed by atoms with Crippen molar-refractivity contribution in [1.29, 1.82) is 0 Å². The number of rotatable bonds is 4. The third kappa shape index (κ3) is 3.06. The summed E-state index contributed by atoms with van der Waals surface area (Å²) < 4.78 is 32.4. The van der Waals surface area contributed by atoms with Crippen LogP contribution in [0.25, 0.3) is 0 Å². The van der Waals surface area contributed by atoms with Crippen LogP contribution in [0.5, 0.6) is 0 Å². The molecule has 0 aromatic rings. The standard InChI is InChI=1S/C13H23NO3S/c15-18(16,10-12-2-1-9-17-12)14-11-3-5-13(6-4-11)7-8-13/h11-12,14H,1-10H2. The van der Waals surface area contributed by atoms with Crippen molar-refractivity contribution >= 4 is 10.0 Å². The van der Waals surface area contributed by atoms with Gasteiger partial charge < -0.3 is 4.74 Å². The Kier molecular flexibility index (Phi) is 3.41. The summed E-state index contributed by atoms with van der Waals surface area (Å²) in [5.41, 5.74) is 0.622. The van der Waals surface area contributed by atoms with Crippen molar-refractivity contribution in [3.8, 4) is 0 Å². The third-order valence-electron chi connectivity index (χ3n) is 4.78. The molecule has 0 aromatic heterocycles. The van der Waals surface area contributed by atoms with Gasteiger partial charge in [-0.1, -0.05) is 0 Å². The first-order valence-electron chi connectivity index (χ1n) is 7.19. The lowest BCUT2D eigenvalue weighted by molar-refractivity contribution is 0.127. The monoisotopic (exact) mass is 273 g/mol. The molecule has 104 valence electrons. The van der Waals surface area contributed by atoms with Crippen LogP contribution in [-0.2, 0) is 14.8 Å². The molecule has 1 atom stereocenters. The summed E-state index contributed by atoms with van der Waals surface area (Å²) in [5, 5.41) is 0. The lowest BCUT2D eigenvalue weighted by atomic mass is 9.84. The number of ether oxygens (including phenoxy) is 1. The fourth-order valence-electron chi connectivity index (χ4n) is 3.35. The van der Waals surface area contributed by atoms with E-state index in [9.17, 15) is 8.42 Å². The van der Waals surface area contributed by atoms with Crippen LogP contribution in [0.3, 0.4) is 0 Å². The normalized spacial score (nSPS) is 31.9. The van der Waals surface area contributed by atoms with Gasteiger partial charge in [-0.3, -0.25) is 0 Å². The Bertz CT molecular complexity index is 386. The van der Waals surface area contributed by atoms with Gasteiger partial charge in [-0.25, -0.2) is 13.1 Å². The summed E-state index contributed by atoms with van der Waals surface area (Å²) in [7, 11) is -3.16. The largest absolute Gasteiger partial charge is 0.377 e. The zero-order chi connectivity index (χ0) is 12.6. The molecule has 1 heterocycles. The molecule has 2 aliphatic carbocycles. The molecule has 5 heteroatoms. The van der Waals surface area contributed by atoms with Crippen LogP contribution in [-0.4, -0.2) is 32.9 Å². The van der Waals surface area contributed by atoms with Crippen LogP contribution in [0.4, 0.5) is 0 Å². The van der Waals surface area contributed by atoms with Gasteiger partial charge >= 0.3 is 0 Å². The average molecular weight is 273 g/mol. The zero-order valence-corrected chi connectivity index (χ0v) is 11.7. The Balaban J connectivity index is 1.48. The number of hydrogen-bond donors (Lipinski definition) is 1. The van der Waals surface area contributed by atoms with E-state index >= 15 is 0 Å². The van der Waals surface area contributed by atoms with Crippen LogP contribution < -0.4 is 4.72 Å². The van der Waals surface area contributed by atoms with Crippen molar-refractivity contribution in [1.82, 2.24) is 4.72 Å². The van der Waals surface area contributed by atoms with Crippen LogP contribution in [0.1, 0.15) is 51.4 Å². The quantitative estimate of drug-likeness (QED) is 0.850. The predicted octanol–water partition coefficient (Wildman–Crippen LogP) is 1.81. The third-order valence-corrected chi connectivity index (χ3v) is 6.28. The first-order valence-corrected chi connectivity index (χ1v) is 8.84. The zero-order valence-electron chi connectivity index (χ0n) is 10.9. The van der Waals surface area contributed by atoms with Crippen molar-refractivity contribution in [3.63, 3.8) is 0 Å². The molecule has 3 fully saturated rings. The van der Waals surface area contributed by atoms with E-state index < -0.39 is 10.0 Å². The highest BCUT2D eigenvalue weighted by molar-refractivity contribution is 7.89. The van der Waals surface area contributed by atoms with Crippen LogP contribution in [0.15, 0.2) is 0 Å². The van der Waals surface area contributed by atoms with Crippen molar-refractivity contribution in [2.24, 2.45) is 5.41 Å². The topological polar surface area (TPSA) is 55.4 Å². The van der Waals surface area contributed by atoms with Gasteiger partial charge in [0.15, 0.2) is 0 Å². The van der Waals surface area contributed by atoms with Crippen molar-refractivity contribution in [2.45, 2.75) is 63.5 Å². The van der Waals surface area contributed by atoms with E-state index in [2.05, 4.69) is 4.72 Å². The molecule has 3 rings (SSSR count). The fourth-order valence-corrected chi connectivity index (χ4v) is 4.94. The molecular weight excluding hydrogens is 250 g/mol. The van der Waals surface area contributed by atoms with E-state index in [0.29, 0.717) is 12.0 Å². The predicted molar refractivity (Wildman–Crippen MR) is 69.8 cm³/mol. The molecule has 1 unspecified atom stereocenters. The molecule has 1 saturated heterocycles. The van der Waals surface area contributed by atoms with Crippen LogP contribution in [0, 0.1) is 5.41 Å². The molecule has 18 heavy (non-hydrogen) atoms. The fraction of sp³-hybridized carbons (Fsp3) is 1.00. The highest BCUT2D eigenvalue weighted by atomic mass is 32.2. The lowest BCUT2D eigenvalue weighted by Crippen LogP contribution is -2.41. The van der Waals surface area contributed by atoms with E-state index in [-0.39, 0.29) is 17.9 Å². The summed E-state index contributed by atoms with van der Waals surface area (Å²) in [5.74, 6) is 0.147. The summed E-state index contributed by atoms with van der Waals surface area (Å²) in [4.78, 5) is 0. The minimum atomic E-state index is -3.16. The lowest BCUT2D eigenvalue weighted by Gasteiger charge is -2.29. The van der Waals surface area contributed by atoms with Gasteiger partial charge in [-0.15, -0.1) is 0 Å². The van der Waals surface area contributed by atoms with Gasteiger partial charge in [0.2, 0.25) is 10.0 Å². The molecule has 0 bridgehead atoms. The Morgan fingerprint density at radius 3 is 2.39 bits per heavy atom. The van der Waals surface area contributed by atoms with Gasteiger partial charge in [0, 0.05) is 12.6 Å². The highest BCUT2D eigenvalue weighted by Gasteiger charge is 2.45. The maximum absolute atomic E-state index is 12.0. The first kappa shape index (κ1) is 12.9. The molecule has 1 spiro atoms. The average Bonchev–Trinajstić information content (AvgIpc) is 2.87. The minimum absolute atomic E-state index is 0.0825. The molecule has 2 saturated carbocycles. The van der Waals surface area contributed by atoms with E-state index in [1.807, 2.05) is 0 Å². The van der Waals surface area contributed by atoms with Crippen molar-refractivity contribution in [3.05, 3.63) is 0 Å². The van der Waals surface area contributed by atoms with Gasteiger partial charge in [0.25, 0.3) is 0 Å². The SMILES string of the molecule is O=S(=O)(CC1CCCO1)NC1CCC2(CC1)CC2. The molecule has 3 aliphatic rings. The molecular formula is C13H23NO3S. The molecule has 0 radical (unpaired) electrons. The van der Waals surface area contributed by atoms with E-state index in [1.54, 1.807) is 0 Å². The minimum Gasteiger partial charge on any atom is -0.377 e. The number of hydrogen-bond acceptors (Lipinski definition) is 3. The summed E-state index contributed by atoms with van der Waals surface area (Å²) in [6, 6.07) is 0.169. The van der Waals surface area contributed by atoms with Crippen molar-refractivity contribution in [2.75, 3.05) is 12.4 Å². The second kappa shape index (κ2) is 4.76. The molecule has 0 aromatic carbocycles. The Labute approximate surface area is 110 Å². The van der Waals surface area contributed by atoms with Gasteiger partial charge in [-0.2, -0.15) is 0 Å². The molecule has 1 N–H and O–H groups in total. The van der Waals surface area contributed by atoms with E-state index in [4.69, 9.17) is 4.74 Å². The molecule has 0 amide bonds. The summed E-state index contributed by atoms with van der Waals surface area (Å²) in [6.07, 6.45) is 8.97. The second-order valence-electron chi connectivity index (χ2n) is 6.31. The van der Waals surface area contributed by atoms with Gasteiger partial charge in [0.1, 0.15) is 0 Å². The van der Waals surface area contributed by atoms with Crippen LogP contribution >= 0.6 is 0 Å². The van der Waals surface area contributed by atoms with E-state index in [0.717, 1.165) is 25.7 Å².